The van der Waals surface area contributed by atoms with Gasteiger partial charge in [-0.3, -0.25) is 19.3 Å². The number of ether oxygens (including phenoxy) is 1. The minimum atomic E-state index is -1.03. The van der Waals surface area contributed by atoms with Crippen molar-refractivity contribution in [3.05, 3.63) is 29.3 Å². The molecule has 1 heterocycles. The standard InChI is InChI=1S/C21H26N2O5/c1-12-8-9-17(13(2)10-12)22-18(24)11-28-21(27)14(3)23-19(25)15-6-4-5-7-16(15)20(23)26/h8-10,14-16H,4-7,11H2,1-3H3,(H,22,24)/t14-,15+,16+/m0/s1. The number of carbonyl (C=O) groups is 4. The highest BCUT2D eigenvalue weighted by Gasteiger charge is 2.51. The van der Waals surface area contributed by atoms with E-state index in [9.17, 15) is 19.2 Å². The predicted molar refractivity (Wildman–Crippen MR) is 102 cm³/mol. The molecule has 1 aromatic rings. The van der Waals surface area contributed by atoms with Gasteiger partial charge in [0.05, 0.1) is 11.8 Å². The average Bonchev–Trinajstić information content (AvgIpc) is 2.92. The summed E-state index contributed by atoms with van der Waals surface area (Å²) in [5.74, 6) is -2.44. The Labute approximate surface area is 164 Å². The molecule has 1 saturated heterocycles. The molecular formula is C21H26N2O5. The lowest BCUT2D eigenvalue weighted by molar-refractivity contribution is -0.159. The number of hydrogen-bond donors (Lipinski definition) is 1. The maximum Gasteiger partial charge on any atom is 0.329 e. The third-order valence-corrected chi connectivity index (χ3v) is 5.61. The van der Waals surface area contributed by atoms with Crippen molar-refractivity contribution in [2.24, 2.45) is 11.8 Å². The summed E-state index contributed by atoms with van der Waals surface area (Å²) in [6.45, 7) is 4.83. The Kier molecular flexibility index (Phi) is 5.82. The third-order valence-electron chi connectivity index (χ3n) is 5.61. The smallest absolute Gasteiger partial charge is 0.329 e. The van der Waals surface area contributed by atoms with Crippen LogP contribution in [0.5, 0.6) is 0 Å². The van der Waals surface area contributed by atoms with Crippen molar-refractivity contribution in [3.8, 4) is 0 Å². The Hall–Kier alpha value is -2.70. The van der Waals surface area contributed by atoms with Crippen molar-refractivity contribution in [2.75, 3.05) is 11.9 Å². The lowest BCUT2D eigenvalue weighted by Gasteiger charge is -2.21. The van der Waals surface area contributed by atoms with E-state index in [1.165, 1.54) is 6.92 Å². The van der Waals surface area contributed by atoms with Crippen LogP contribution in [0.3, 0.4) is 0 Å². The van der Waals surface area contributed by atoms with Gasteiger partial charge < -0.3 is 10.1 Å². The van der Waals surface area contributed by atoms with Gasteiger partial charge in [0, 0.05) is 5.69 Å². The number of rotatable bonds is 5. The fourth-order valence-electron chi connectivity index (χ4n) is 4.07. The number of esters is 1. The molecule has 1 aliphatic heterocycles. The highest BCUT2D eigenvalue weighted by molar-refractivity contribution is 6.08. The fourth-order valence-corrected chi connectivity index (χ4v) is 4.07. The van der Waals surface area contributed by atoms with E-state index in [0.717, 1.165) is 28.9 Å². The number of likely N-dealkylation sites (tertiary alicyclic amines) is 1. The maximum atomic E-state index is 12.6. The molecule has 2 aliphatic rings. The van der Waals surface area contributed by atoms with Gasteiger partial charge in [0.25, 0.3) is 5.91 Å². The van der Waals surface area contributed by atoms with Gasteiger partial charge >= 0.3 is 5.97 Å². The highest BCUT2D eigenvalue weighted by atomic mass is 16.5. The number of nitrogens with one attached hydrogen (secondary N) is 1. The lowest BCUT2D eigenvalue weighted by atomic mass is 9.81. The molecule has 28 heavy (non-hydrogen) atoms. The SMILES string of the molecule is Cc1ccc(NC(=O)COC(=O)[C@H](C)N2C(=O)[C@@H]3CCCC[C@H]3C2=O)c(C)c1. The molecule has 7 heteroatoms. The minimum Gasteiger partial charge on any atom is -0.454 e. The maximum absolute atomic E-state index is 12.6. The molecule has 1 saturated carbocycles. The zero-order valence-corrected chi connectivity index (χ0v) is 16.5. The zero-order chi connectivity index (χ0) is 20.4. The Bertz CT molecular complexity index is 795. The van der Waals surface area contributed by atoms with Crippen molar-refractivity contribution < 1.29 is 23.9 Å². The first-order valence-electron chi connectivity index (χ1n) is 9.70. The molecule has 150 valence electrons. The monoisotopic (exact) mass is 386 g/mol. The topological polar surface area (TPSA) is 92.8 Å². The van der Waals surface area contributed by atoms with Gasteiger partial charge in [0.2, 0.25) is 11.8 Å². The van der Waals surface area contributed by atoms with Gasteiger partial charge in [0.15, 0.2) is 6.61 Å². The Morgan fingerprint density at radius 2 is 1.75 bits per heavy atom. The Morgan fingerprint density at radius 1 is 1.14 bits per heavy atom. The molecule has 0 spiro atoms. The molecule has 3 rings (SSSR count). The second kappa shape index (κ2) is 8.12. The van der Waals surface area contributed by atoms with Crippen LogP contribution in [0.25, 0.3) is 0 Å². The van der Waals surface area contributed by atoms with E-state index in [1.54, 1.807) is 6.07 Å². The largest absolute Gasteiger partial charge is 0.454 e. The van der Waals surface area contributed by atoms with E-state index in [1.807, 2.05) is 26.0 Å². The summed E-state index contributed by atoms with van der Waals surface area (Å²) in [5.41, 5.74) is 2.63. The summed E-state index contributed by atoms with van der Waals surface area (Å²) in [7, 11) is 0. The van der Waals surface area contributed by atoms with Crippen LogP contribution in [0.15, 0.2) is 18.2 Å². The molecule has 2 fully saturated rings. The van der Waals surface area contributed by atoms with Crippen molar-refractivity contribution in [1.29, 1.82) is 0 Å². The summed E-state index contributed by atoms with van der Waals surface area (Å²) in [5, 5.41) is 2.70. The van der Waals surface area contributed by atoms with Gasteiger partial charge in [-0.1, -0.05) is 30.5 Å². The molecule has 0 aromatic heterocycles. The van der Waals surface area contributed by atoms with Crippen molar-refractivity contribution in [2.45, 2.75) is 52.5 Å². The van der Waals surface area contributed by atoms with Gasteiger partial charge in [-0.25, -0.2) is 4.79 Å². The number of fused-ring (bicyclic) bond motifs is 1. The first kappa shape index (κ1) is 20.0. The van der Waals surface area contributed by atoms with Crippen LogP contribution in [0.1, 0.15) is 43.7 Å². The number of anilines is 1. The summed E-state index contributed by atoms with van der Waals surface area (Å²) >= 11 is 0. The lowest BCUT2D eigenvalue weighted by Crippen LogP contribution is -2.45. The molecule has 1 aliphatic carbocycles. The van der Waals surface area contributed by atoms with Crippen molar-refractivity contribution in [1.82, 2.24) is 4.90 Å². The molecule has 3 amide bonds. The predicted octanol–water partition coefficient (Wildman–Crippen LogP) is 2.35. The molecule has 0 radical (unpaired) electrons. The summed E-state index contributed by atoms with van der Waals surface area (Å²) in [6, 6.07) is 4.57. The van der Waals surface area contributed by atoms with E-state index < -0.39 is 24.5 Å². The van der Waals surface area contributed by atoms with Crippen LogP contribution in [0, 0.1) is 25.7 Å². The average molecular weight is 386 g/mol. The number of benzene rings is 1. The number of imide groups is 1. The first-order chi connectivity index (χ1) is 13.3. The van der Waals surface area contributed by atoms with Gasteiger partial charge in [-0.05, 0) is 45.2 Å². The van der Waals surface area contributed by atoms with Crippen LogP contribution >= 0.6 is 0 Å². The molecular weight excluding hydrogens is 360 g/mol. The quantitative estimate of drug-likeness (QED) is 0.619. The first-order valence-corrected chi connectivity index (χ1v) is 9.70. The van der Waals surface area contributed by atoms with E-state index in [2.05, 4.69) is 5.32 Å². The number of nitrogens with zero attached hydrogens (tertiary/aromatic N) is 1. The molecule has 3 atom stereocenters. The number of hydrogen-bond acceptors (Lipinski definition) is 5. The van der Waals surface area contributed by atoms with Crippen LogP contribution in [0.2, 0.25) is 0 Å². The summed E-state index contributed by atoms with van der Waals surface area (Å²) < 4.78 is 5.07. The molecule has 1 aromatic carbocycles. The van der Waals surface area contributed by atoms with E-state index in [-0.39, 0.29) is 23.7 Å². The number of amides is 3. The third kappa shape index (κ3) is 3.93. The highest BCUT2D eigenvalue weighted by Crippen LogP contribution is 2.38. The van der Waals surface area contributed by atoms with Crippen LogP contribution in [-0.2, 0) is 23.9 Å². The van der Waals surface area contributed by atoms with E-state index >= 15 is 0 Å². The van der Waals surface area contributed by atoms with Gasteiger partial charge in [0.1, 0.15) is 6.04 Å². The van der Waals surface area contributed by atoms with Gasteiger partial charge in [-0.15, -0.1) is 0 Å². The molecule has 7 nitrogen and oxygen atoms in total. The minimum absolute atomic E-state index is 0.293. The molecule has 0 unspecified atom stereocenters. The summed E-state index contributed by atoms with van der Waals surface area (Å²) in [4.78, 5) is 50.6. The Morgan fingerprint density at radius 3 is 2.32 bits per heavy atom. The molecule has 1 N–H and O–H groups in total. The second-order valence-electron chi connectivity index (χ2n) is 7.69. The second-order valence-corrected chi connectivity index (χ2v) is 7.69. The summed E-state index contributed by atoms with van der Waals surface area (Å²) in [6.07, 6.45) is 3.22. The van der Waals surface area contributed by atoms with E-state index in [4.69, 9.17) is 4.74 Å². The molecule has 0 bridgehead atoms. The number of aryl methyl sites for hydroxylation is 2. The zero-order valence-electron chi connectivity index (χ0n) is 16.5. The van der Waals surface area contributed by atoms with Crippen LogP contribution < -0.4 is 5.32 Å². The van der Waals surface area contributed by atoms with Crippen LogP contribution in [-0.4, -0.2) is 41.2 Å². The van der Waals surface area contributed by atoms with Crippen molar-refractivity contribution >= 4 is 29.4 Å². The number of carbonyl (C=O) groups excluding carboxylic acids is 4. The van der Waals surface area contributed by atoms with Crippen LogP contribution in [0.4, 0.5) is 5.69 Å². The van der Waals surface area contributed by atoms with Gasteiger partial charge in [-0.2, -0.15) is 0 Å². The van der Waals surface area contributed by atoms with Crippen molar-refractivity contribution in [3.63, 3.8) is 0 Å². The Balaban J connectivity index is 1.56. The normalized spacial score (nSPS) is 22.6. The fraction of sp³-hybridized carbons (Fsp3) is 0.524. The van der Waals surface area contributed by atoms with E-state index in [0.29, 0.717) is 18.5 Å².